The van der Waals surface area contributed by atoms with Crippen LogP contribution in [-0.2, 0) is 0 Å². The van der Waals surface area contributed by atoms with Gasteiger partial charge in [0.05, 0.1) is 10.4 Å². The fourth-order valence-electron chi connectivity index (χ4n) is 8.09. The average molecular weight is 710 g/mol. The van der Waals surface area contributed by atoms with Crippen molar-refractivity contribution < 1.29 is 0 Å². The Morgan fingerprint density at radius 2 is 0.962 bits per heavy atom. The van der Waals surface area contributed by atoms with E-state index in [0.29, 0.717) is 0 Å². The lowest BCUT2D eigenvalue weighted by atomic mass is 10.00. The molecule has 0 aliphatic rings. The summed E-state index contributed by atoms with van der Waals surface area (Å²) in [6, 6.07) is 69.2. The van der Waals surface area contributed by atoms with Crippen molar-refractivity contribution in [2.24, 2.45) is 0 Å². The van der Waals surface area contributed by atoms with Gasteiger partial charge in [-0.25, -0.2) is 0 Å². The predicted molar refractivity (Wildman–Crippen MR) is 233 cm³/mol. The van der Waals surface area contributed by atoms with Gasteiger partial charge in [-0.05, 0) is 86.3 Å². The number of benzene rings is 9. The summed E-state index contributed by atoms with van der Waals surface area (Å²) in [5.74, 6) is 0. The number of anilines is 3. The van der Waals surface area contributed by atoms with Gasteiger partial charge in [-0.2, -0.15) is 0 Å². The molecule has 1 nitrogen and oxygen atoms in total. The first-order valence-electron chi connectivity index (χ1n) is 18.0. The average Bonchev–Trinajstić information content (AvgIpc) is 3.80. The molecule has 53 heavy (non-hydrogen) atoms. The summed E-state index contributed by atoms with van der Waals surface area (Å²) in [7, 11) is 0. The maximum Gasteiger partial charge on any atom is 0.0640 e. The number of thiophene rings is 2. The van der Waals surface area contributed by atoms with E-state index in [1.807, 2.05) is 22.7 Å². The zero-order valence-corrected chi connectivity index (χ0v) is 30.3. The number of hydrogen-bond acceptors (Lipinski definition) is 3. The lowest BCUT2D eigenvalue weighted by molar-refractivity contribution is 1.31. The Morgan fingerprint density at radius 3 is 1.83 bits per heavy atom. The molecule has 0 unspecified atom stereocenters. The summed E-state index contributed by atoms with van der Waals surface area (Å²) in [4.78, 5) is 2.46. The van der Waals surface area contributed by atoms with Crippen molar-refractivity contribution >= 4 is 102 Å². The van der Waals surface area contributed by atoms with Crippen LogP contribution in [-0.4, -0.2) is 0 Å². The molecule has 0 spiro atoms. The third kappa shape index (κ3) is 4.97. The van der Waals surface area contributed by atoms with Gasteiger partial charge >= 0.3 is 0 Å². The van der Waals surface area contributed by atoms with E-state index >= 15 is 0 Å². The van der Waals surface area contributed by atoms with Crippen LogP contribution in [0.3, 0.4) is 0 Å². The highest BCUT2D eigenvalue weighted by Crippen LogP contribution is 2.48. The van der Waals surface area contributed by atoms with Gasteiger partial charge in [0.1, 0.15) is 0 Å². The van der Waals surface area contributed by atoms with Crippen molar-refractivity contribution in [3.63, 3.8) is 0 Å². The van der Waals surface area contributed by atoms with Gasteiger partial charge in [0.15, 0.2) is 0 Å². The van der Waals surface area contributed by atoms with Crippen LogP contribution in [0.4, 0.5) is 17.1 Å². The monoisotopic (exact) mass is 709 g/mol. The highest BCUT2D eigenvalue weighted by molar-refractivity contribution is 7.27. The molecule has 0 radical (unpaired) electrons. The zero-order valence-electron chi connectivity index (χ0n) is 28.7. The summed E-state index contributed by atoms with van der Waals surface area (Å²) < 4.78 is 5.25. The third-order valence-electron chi connectivity index (χ3n) is 10.7. The molecule has 11 aromatic rings. The minimum absolute atomic E-state index is 1.13. The maximum absolute atomic E-state index is 2.46. The molecule has 3 heteroatoms. The van der Waals surface area contributed by atoms with Crippen molar-refractivity contribution in [1.82, 2.24) is 0 Å². The van der Waals surface area contributed by atoms with E-state index in [-0.39, 0.29) is 0 Å². The Morgan fingerprint density at radius 1 is 0.321 bits per heavy atom. The van der Waals surface area contributed by atoms with Crippen molar-refractivity contribution in [2.45, 2.75) is 0 Å². The first kappa shape index (κ1) is 30.4. The molecule has 0 saturated carbocycles. The minimum Gasteiger partial charge on any atom is -0.309 e. The van der Waals surface area contributed by atoms with Gasteiger partial charge in [-0.3, -0.25) is 0 Å². The third-order valence-corrected chi connectivity index (χ3v) is 13.1. The SMILES string of the molecule is c1ccc(-c2cccc3c2sc2c(N(c4ccc(-c5ccc6c(c5)sc5ccccc56)cc4)c4ccc5ccc6ccccc6c5c4)cccc23)cc1. The fourth-order valence-corrected chi connectivity index (χ4v) is 10.6. The van der Waals surface area contributed by atoms with Crippen LogP contribution < -0.4 is 4.90 Å². The largest absolute Gasteiger partial charge is 0.309 e. The van der Waals surface area contributed by atoms with Gasteiger partial charge in [-0.1, -0.05) is 146 Å². The number of rotatable bonds is 5. The quantitative estimate of drug-likeness (QED) is 0.161. The Balaban J connectivity index is 1.11. The Bertz CT molecular complexity index is 3170. The minimum atomic E-state index is 1.13. The van der Waals surface area contributed by atoms with E-state index < -0.39 is 0 Å². The standard InChI is InChI=1S/C50H31NS2/c1-2-10-33(11-3-1)40-15-8-16-43-44-17-9-18-46(50(44)53-49(40)43)51(38-28-24-35-21-20-34-12-4-5-13-39(34)45(35)31-38)37-26-22-32(23-27-37)36-25-29-42-41-14-6-7-19-47(41)52-48(42)30-36/h1-31H. The molecule has 0 atom stereocenters. The molecule has 0 fully saturated rings. The van der Waals surface area contributed by atoms with Gasteiger partial charge in [0.25, 0.3) is 0 Å². The molecule has 0 bridgehead atoms. The molecule has 0 amide bonds. The topological polar surface area (TPSA) is 3.24 Å². The molecular formula is C50H31NS2. The number of fused-ring (bicyclic) bond motifs is 9. The lowest BCUT2D eigenvalue weighted by Gasteiger charge is -2.27. The van der Waals surface area contributed by atoms with E-state index in [4.69, 9.17) is 0 Å². The highest BCUT2D eigenvalue weighted by Gasteiger charge is 2.20. The van der Waals surface area contributed by atoms with Crippen LogP contribution in [0.1, 0.15) is 0 Å². The molecule has 0 aliphatic carbocycles. The second-order valence-corrected chi connectivity index (χ2v) is 15.8. The number of nitrogens with zero attached hydrogens (tertiary/aromatic N) is 1. The molecular weight excluding hydrogens is 679 g/mol. The highest BCUT2D eigenvalue weighted by atomic mass is 32.1. The zero-order chi connectivity index (χ0) is 34.9. The summed E-state index contributed by atoms with van der Waals surface area (Å²) in [6.45, 7) is 0. The number of hydrogen-bond donors (Lipinski definition) is 0. The molecule has 0 aliphatic heterocycles. The lowest BCUT2D eigenvalue weighted by Crippen LogP contribution is -2.10. The second kappa shape index (κ2) is 12.2. The molecule has 0 saturated heterocycles. The van der Waals surface area contributed by atoms with E-state index in [1.54, 1.807) is 0 Å². The van der Waals surface area contributed by atoms with Crippen molar-refractivity contribution in [3.05, 3.63) is 188 Å². The van der Waals surface area contributed by atoms with E-state index in [2.05, 4.69) is 193 Å². The van der Waals surface area contributed by atoms with Gasteiger partial charge in [-0.15, -0.1) is 22.7 Å². The van der Waals surface area contributed by atoms with Crippen molar-refractivity contribution in [3.8, 4) is 22.3 Å². The first-order valence-corrected chi connectivity index (χ1v) is 19.6. The maximum atomic E-state index is 2.46. The van der Waals surface area contributed by atoms with Crippen LogP contribution in [0.5, 0.6) is 0 Å². The van der Waals surface area contributed by atoms with E-state index in [9.17, 15) is 0 Å². The van der Waals surface area contributed by atoms with Crippen LogP contribution >= 0.6 is 22.7 Å². The molecule has 0 N–H and O–H groups in total. The summed E-state index contributed by atoms with van der Waals surface area (Å²) >= 11 is 3.77. The Kier molecular flexibility index (Phi) is 6.97. The molecule has 9 aromatic carbocycles. The van der Waals surface area contributed by atoms with Crippen LogP contribution in [0.25, 0.3) is 84.1 Å². The van der Waals surface area contributed by atoms with Gasteiger partial charge < -0.3 is 4.90 Å². The predicted octanol–water partition coefficient (Wildman–Crippen LogP) is 15.5. The molecule has 2 aromatic heterocycles. The van der Waals surface area contributed by atoms with Gasteiger partial charge in [0.2, 0.25) is 0 Å². The Hall–Kier alpha value is -6.26. The molecule has 2 heterocycles. The fraction of sp³-hybridized carbons (Fsp3) is 0. The summed E-state index contributed by atoms with van der Waals surface area (Å²) in [5, 5.41) is 10.3. The molecule has 11 rings (SSSR count). The van der Waals surface area contributed by atoms with E-state index in [1.165, 1.54) is 89.8 Å². The summed E-state index contributed by atoms with van der Waals surface area (Å²) in [5.41, 5.74) is 8.42. The van der Waals surface area contributed by atoms with Crippen LogP contribution in [0.2, 0.25) is 0 Å². The van der Waals surface area contributed by atoms with Crippen LogP contribution in [0, 0.1) is 0 Å². The summed E-state index contributed by atoms with van der Waals surface area (Å²) in [6.07, 6.45) is 0. The first-order chi connectivity index (χ1) is 26.3. The normalized spacial score (nSPS) is 11.8. The second-order valence-electron chi connectivity index (χ2n) is 13.7. The van der Waals surface area contributed by atoms with Crippen LogP contribution in [0.15, 0.2) is 188 Å². The smallest absolute Gasteiger partial charge is 0.0640 e. The van der Waals surface area contributed by atoms with Gasteiger partial charge in [0, 0.05) is 47.0 Å². The van der Waals surface area contributed by atoms with E-state index in [0.717, 1.165) is 11.4 Å². The van der Waals surface area contributed by atoms with Crippen molar-refractivity contribution in [1.29, 1.82) is 0 Å². The molecule has 248 valence electrons. The van der Waals surface area contributed by atoms with Crippen molar-refractivity contribution in [2.75, 3.05) is 4.90 Å². The Labute approximate surface area is 315 Å².